The Labute approximate surface area is 166 Å². The number of rotatable bonds is 5. The molecule has 0 aliphatic carbocycles. The predicted octanol–water partition coefficient (Wildman–Crippen LogP) is 5.37. The highest BCUT2D eigenvalue weighted by atomic mass is 32.2. The third kappa shape index (κ3) is 3.89. The molecule has 0 aromatic heterocycles. The molecule has 0 unspecified atom stereocenters. The van der Waals surface area contributed by atoms with Gasteiger partial charge >= 0.3 is 0 Å². The van der Waals surface area contributed by atoms with Gasteiger partial charge in [-0.2, -0.15) is 5.10 Å². The second-order valence-corrected chi connectivity index (χ2v) is 7.26. The number of hydrogen-bond acceptors (Lipinski definition) is 3. The van der Waals surface area contributed by atoms with E-state index in [0.29, 0.717) is 4.90 Å². The molecule has 0 heterocycles. The molecular formula is C23H17FN2OS. The van der Waals surface area contributed by atoms with Crippen LogP contribution in [0, 0.1) is 5.82 Å². The fourth-order valence-corrected chi connectivity index (χ4v) is 3.83. The van der Waals surface area contributed by atoms with Gasteiger partial charge in [0.05, 0.1) is 12.0 Å². The van der Waals surface area contributed by atoms with Crippen LogP contribution in [0.1, 0.15) is 5.56 Å². The van der Waals surface area contributed by atoms with Crippen molar-refractivity contribution in [1.29, 1.82) is 0 Å². The molecule has 0 radical (unpaired) electrons. The van der Waals surface area contributed by atoms with E-state index in [1.807, 2.05) is 36.4 Å². The Morgan fingerprint density at radius 3 is 2.21 bits per heavy atom. The number of nitrogens with one attached hydrogen (secondary N) is 1. The molecule has 4 aromatic carbocycles. The van der Waals surface area contributed by atoms with Crippen molar-refractivity contribution in [3.05, 3.63) is 90.2 Å². The lowest BCUT2D eigenvalue weighted by atomic mass is 9.97. The Morgan fingerprint density at radius 2 is 1.54 bits per heavy atom. The number of thioether (sulfide) groups is 1. The van der Waals surface area contributed by atoms with E-state index in [1.165, 1.54) is 6.07 Å². The van der Waals surface area contributed by atoms with Crippen LogP contribution in [0.4, 0.5) is 4.39 Å². The molecule has 0 bridgehead atoms. The van der Waals surface area contributed by atoms with Crippen molar-refractivity contribution >= 4 is 45.4 Å². The molecule has 4 rings (SSSR count). The Balaban J connectivity index is 1.53. The highest BCUT2D eigenvalue weighted by Gasteiger charge is 2.07. The third-order valence-corrected chi connectivity index (χ3v) is 5.44. The van der Waals surface area contributed by atoms with Crippen LogP contribution in [0.15, 0.2) is 88.9 Å². The summed E-state index contributed by atoms with van der Waals surface area (Å²) in [6.07, 6.45) is 1.68. The van der Waals surface area contributed by atoms with Crippen molar-refractivity contribution in [2.45, 2.75) is 4.90 Å². The molecule has 0 aliphatic rings. The van der Waals surface area contributed by atoms with E-state index < -0.39 is 0 Å². The van der Waals surface area contributed by atoms with E-state index in [2.05, 4.69) is 28.7 Å². The summed E-state index contributed by atoms with van der Waals surface area (Å²) in [5, 5.41) is 8.51. The van der Waals surface area contributed by atoms with Crippen LogP contribution in [0.3, 0.4) is 0 Å². The first kappa shape index (κ1) is 18.2. The van der Waals surface area contributed by atoms with Gasteiger partial charge in [-0.15, -0.1) is 11.8 Å². The van der Waals surface area contributed by atoms with E-state index in [1.54, 1.807) is 24.4 Å². The lowest BCUT2D eigenvalue weighted by Crippen LogP contribution is -2.19. The van der Waals surface area contributed by atoms with Gasteiger partial charge in [-0.1, -0.05) is 60.7 Å². The van der Waals surface area contributed by atoms with Crippen molar-refractivity contribution in [2.24, 2.45) is 5.10 Å². The Morgan fingerprint density at radius 1 is 0.929 bits per heavy atom. The summed E-state index contributed by atoms with van der Waals surface area (Å²) in [5.41, 5.74) is 3.49. The SMILES string of the molecule is O=C(CSc1ccccc1F)N/N=C\c1c2ccccc2cc2ccccc12. The Hall–Kier alpha value is -3.18. The fraction of sp³-hybridized carbons (Fsp3) is 0.0435. The number of benzene rings is 4. The van der Waals surface area contributed by atoms with E-state index in [4.69, 9.17) is 0 Å². The van der Waals surface area contributed by atoms with Crippen LogP contribution < -0.4 is 5.43 Å². The van der Waals surface area contributed by atoms with Gasteiger partial charge in [0.2, 0.25) is 5.91 Å². The van der Waals surface area contributed by atoms with Gasteiger partial charge in [-0.25, -0.2) is 9.82 Å². The van der Waals surface area contributed by atoms with Crippen molar-refractivity contribution < 1.29 is 9.18 Å². The maximum Gasteiger partial charge on any atom is 0.250 e. The predicted molar refractivity (Wildman–Crippen MR) is 114 cm³/mol. The summed E-state index contributed by atoms with van der Waals surface area (Å²) < 4.78 is 13.6. The average molecular weight is 388 g/mol. The molecule has 0 saturated carbocycles. The second kappa shape index (κ2) is 8.23. The summed E-state index contributed by atoms with van der Waals surface area (Å²) in [6.45, 7) is 0. The summed E-state index contributed by atoms with van der Waals surface area (Å²) in [4.78, 5) is 12.5. The molecule has 1 amide bonds. The second-order valence-electron chi connectivity index (χ2n) is 6.24. The molecule has 0 atom stereocenters. The van der Waals surface area contributed by atoms with Gasteiger partial charge in [0, 0.05) is 10.5 Å². The number of carbonyl (C=O) groups is 1. The van der Waals surface area contributed by atoms with Crippen molar-refractivity contribution in [2.75, 3.05) is 5.75 Å². The van der Waals surface area contributed by atoms with Gasteiger partial charge in [-0.3, -0.25) is 4.79 Å². The maximum absolute atomic E-state index is 13.6. The normalized spacial score (nSPS) is 11.3. The van der Waals surface area contributed by atoms with E-state index >= 15 is 0 Å². The van der Waals surface area contributed by atoms with Crippen molar-refractivity contribution in [3.63, 3.8) is 0 Å². The Kier molecular flexibility index (Phi) is 5.35. The summed E-state index contributed by atoms with van der Waals surface area (Å²) in [5.74, 6) is -0.519. The topological polar surface area (TPSA) is 41.5 Å². The summed E-state index contributed by atoms with van der Waals surface area (Å²) in [7, 11) is 0. The number of nitrogens with zero attached hydrogens (tertiary/aromatic N) is 1. The van der Waals surface area contributed by atoms with Crippen LogP contribution in [0.5, 0.6) is 0 Å². The molecule has 1 N–H and O–H groups in total. The number of hydrazone groups is 1. The highest BCUT2D eigenvalue weighted by molar-refractivity contribution is 8.00. The first-order valence-corrected chi connectivity index (χ1v) is 9.80. The number of fused-ring (bicyclic) bond motifs is 2. The van der Waals surface area contributed by atoms with Crippen LogP contribution >= 0.6 is 11.8 Å². The zero-order valence-corrected chi connectivity index (χ0v) is 15.7. The van der Waals surface area contributed by atoms with Crippen molar-refractivity contribution in [1.82, 2.24) is 5.43 Å². The smallest absolute Gasteiger partial charge is 0.250 e. The largest absolute Gasteiger partial charge is 0.272 e. The number of halogens is 1. The molecule has 0 fully saturated rings. The number of amides is 1. The van der Waals surface area contributed by atoms with E-state index in [-0.39, 0.29) is 17.5 Å². The lowest BCUT2D eigenvalue weighted by molar-refractivity contribution is -0.118. The zero-order chi connectivity index (χ0) is 19.3. The standard InChI is InChI=1S/C23H17FN2OS/c24-21-11-5-6-12-22(21)28-15-23(27)26-25-14-20-18-9-3-1-7-16(18)13-17-8-2-4-10-19(17)20/h1-14H,15H2,(H,26,27)/b25-14-. The first-order chi connectivity index (χ1) is 13.7. The molecule has 0 spiro atoms. The van der Waals surface area contributed by atoms with Crippen LogP contribution in [0.2, 0.25) is 0 Å². The monoisotopic (exact) mass is 388 g/mol. The van der Waals surface area contributed by atoms with Gasteiger partial charge in [0.15, 0.2) is 0 Å². The minimum atomic E-state index is -0.328. The molecule has 3 nitrogen and oxygen atoms in total. The minimum Gasteiger partial charge on any atom is -0.272 e. The average Bonchev–Trinajstić information content (AvgIpc) is 2.72. The van der Waals surface area contributed by atoms with Gasteiger partial charge in [-0.05, 0) is 39.7 Å². The minimum absolute atomic E-state index is 0.0918. The number of hydrogen-bond donors (Lipinski definition) is 1. The van der Waals surface area contributed by atoms with Gasteiger partial charge in [0.1, 0.15) is 5.82 Å². The van der Waals surface area contributed by atoms with Gasteiger partial charge < -0.3 is 0 Å². The fourth-order valence-electron chi connectivity index (χ4n) is 3.09. The van der Waals surface area contributed by atoms with Crippen LogP contribution in [0.25, 0.3) is 21.5 Å². The molecule has 0 saturated heterocycles. The molecule has 4 aromatic rings. The van der Waals surface area contributed by atoms with Gasteiger partial charge in [0.25, 0.3) is 0 Å². The summed E-state index contributed by atoms with van der Waals surface area (Å²) in [6, 6.07) is 24.7. The lowest BCUT2D eigenvalue weighted by Gasteiger charge is -2.08. The molecular weight excluding hydrogens is 371 g/mol. The molecule has 28 heavy (non-hydrogen) atoms. The molecule has 5 heteroatoms. The number of carbonyl (C=O) groups excluding carboxylic acids is 1. The quantitative estimate of drug-likeness (QED) is 0.216. The molecule has 0 aliphatic heterocycles. The third-order valence-electron chi connectivity index (χ3n) is 4.39. The van der Waals surface area contributed by atoms with E-state index in [0.717, 1.165) is 38.9 Å². The van der Waals surface area contributed by atoms with Crippen molar-refractivity contribution in [3.8, 4) is 0 Å². The first-order valence-electron chi connectivity index (χ1n) is 8.82. The molecule has 138 valence electrons. The van der Waals surface area contributed by atoms with Crippen LogP contribution in [-0.4, -0.2) is 17.9 Å². The summed E-state index contributed by atoms with van der Waals surface area (Å²) >= 11 is 1.15. The highest BCUT2D eigenvalue weighted by Crippen LogP contribution is 2.27. The maximum atomic E-state index is 13.6. The van der Waals surface area contributed by atoms with Crippen LogP contribution in [-0.2, 0) is 4.79 Å². The Bertz CT molecular complexity index is 1140. The van der Waals surface area contributed by atoms with E-state index in [9.17, 15) is 9.18 Å². The zero-order valence-electron chi connectivity index (χ0n) is 14.9.